The molecule has 0 saturated carbocycles. The number of alkyl halides is 2. The van der Waals surface area contributed by atoms with E-state index in [2.05, 4.69) is 10.2 Å². The van der Waals surface area contributed by atoms with E-state index >= 15 is 0 Å². The summed E-state index contributed by atoms with van der Waals surface area (Å²) in [6.07, 6.45) is 0.395. The van der Waals surface area contributed by atoms with E-state index in [1.807, 2.05) is 47.4 Å². The molecule has 1 saturated heterocycles. The molecule has 0 spiro atoms. The van der Waals surface area contributed by atoms with Crippen molar-refractivity contribution in [2.45, 2.75) is 32.2 Å². The number of nitrogens with zero attached hydrogens (tertiary/aromatic N) is 4. The van der Waals surface area contributed by atoms with Crippen LogP contribution in [-0.2, 0) is 6.54 Å². The number of carbonyl (C=O) groups excluding carboxylic acids is 1. The van der Waals surface area contributed by atoms with Crippen molar-refractivity contribution >= 4 is 11.7 Å². The molecule has 0 unspecified atom stereocenters. The number of rotatable bonds is 5. The van der Waals surface area contributed by atoms with E-state index in [0.29, 0.717) is 12.1 Å². The van der Waals surface area contributed by atoms with Gasteiger partial charge >= 0.3 is 12.5 Å². The molecule has 2 heterocycles. The summed E-state index contributed by atoms with van der Waals surface area (Å²) >= 11 is 0. The first-order valence-electron chi connectivity index (χ1n) is 9.94. The number of hydrogen-bond donors (Lipinski definition) is 0. The number of piperidine rings is 1. The highest BCUT2D eigenvalue weighted by Crippen LogP contribution is 2.25. The quantitative estimate of drug-likeness (QED) is 0.571. The highest BCUT2D eigenvalue weighted by atomic mass is 19.3. The Balaban J connectivity index is 1.54. The summed E-state index contributed by atoms with van der Waals surface area (Å²) in [6, 6.07) is 16.7. The molecular formula is C22H22F2N4O2. The lowest BCUT2D eigenvalue weighted by molar-refractivity contribution is 0.116. The average molecular weight is 412 g/mol. The maximum atomic E-state index is 13.2. The molecule has 0 radical (unpaired) electrons. The normalized spacial score (nSPS) is 14.2. The van der Waals surface area contributed by atoms with Crippen molar-refractivity contribution in [3.8, 4) is 11.5 Å². The van der Waals surface area contributed by atoms with Gasteiger partial charge in [0.1, 0.15) is 0 Å². The largest absolute Gasteiger partial charge is 0.415 e. The highest BCUT2D eigenvalue weighted by Gasteiger charge is 2.24. The number of benzene rings is 2. The molecule has 1 aliphatic heterocycles. The van der Waals surface area contributed by atoms with Gasteiger partial charge in [-0.3, -0.25) is 4.90 Å². The monoisotopic (exact) mass is 412 g/mol. The third kappa shape index (κ3) is 4.48. The zero-order valence-corrected chi connectivity index (χ0v) is 16.4. The molecule has 4 rings (SSSR count). The minimum absolute atomic E-state index is 0.0107. The average Bonchev–Trinajstić information content (AvgIpc) is 3.29. The van der Waals surface area contributed by atoms with E-state index in [1.54, 1.807) is 17.0 Å². The van der Waals surface area contributed by atoms with Crippen LogP contribution in [0.25, 0.3) is 11.5 Å². The van der Waals surface area contributed by atoms with Crippen molar-refractivity contribution in [3.63, 3.8) is 0 Å². The second-order valence-corrected chi connectivity index (χ2v) is 7.20. The van der Waals surface area contributed by atoms with Gasteiger partial charge in [-0.15, -0.1) is 10.2 Å². The third-order valence-electron chi connectivity index (χ3n) is 5.09. The van der Waals surface area contributed by atoms with Crippen LogP contribution in [0.1, 0.15) is 37.1 Å². The van der Waals surface area contributed by atoms with Crippen LogP contribution in [-0.4, -0.2) is 34.2 Å². The van der Waals surface area contributed by atoms with Crippen LogP contribution in [0, 0.1) is 0 Å². The van der Waals surface area contributed by atoms with Crippen molar-refractivity contribution in [1.82, 2.24) is 15.1 Å². The molecular weight excluding hydrogens is 390 g/mol. The van der Waals surface area contributed by atoms with Gasteiger partial charge in [0.15, 0.2) is 0 Å². The number of para-hydroxylation sites is 1. The molecule has 1 aliphatic rings. The molecule has 6 nitrogen and oxygen atoms in total. The fourth-order valence-corrected chi connectivity index (χ4v) is 3.51. The zero-order valence-electron chi connectivity index (χ0n) is 16.4. The number of hydrogen-bond acceptors (Lipinski definition) is 4. The fraction of sp³-hybridized carbons (Fsp3) is 0.318. The molecule has 0 aliphatic carbocycles. The summed E-state index contributed by atoms with van der Waals surface area (Å²) in [5, 5.41) is 7.02. The van der Waals surface area contributed by atoms with E-state index in [9.17, 15) is 13.6 Å². The molecule has 1 aromatic heterocycles. The Kier molecular flexibility index (Phi) is 6.02. The zero-order chi connectivity index (χ0) is 20.9. The minimum atomic E-state index is -2.80. The molecule has 8 heteroatoms. The first-order chi connectivity index (χ1) is 14.6. The predicted molar refractivity (Wildman–Crippen MR) is 108 cm³/mol. The molecule has 30 heavy (non-hydrogen) atoms. The van der Waals surface area contributed by atoms with E-state index < -0.39 is 12.3 Å². The number of urea groups is 1. The van der Waals surface area contributed by atoms with E-state index in [0.717, 1.165) is 43.6 Å². The van der Waals surface area contributed by atoms with Gasteiger partial charge in [-0.2, -0.15) is 8.78 Å². The van der Waals surface area contributed by atoms with Crippen LogP contribution in [0.3, 0.4) is 0 Å². The van der Waals surface area contributed by atoms with Gasteiger partial charge in [0.25, 0.3) is 5.89 Å². The second kappa shape index (κ2) is 9.02. The van der Waals surface area contributed by atoms with E-state index in [4.69, 9.17) is 4.42 Å². The SMILES string of the molecule is O=C(N1CCCCC1)N(Cc1ccc(-c2nnc(C(F)F)o2)cc1)c1ccccc1. The van der Waals surface area contributed by atoms with E-state index in [-0.39, 0.29) is 11.9 Å². The first-order valence-corrected chi connectivity index (χ1v) is 9.94. The standard InChI is InChI=1S/C22H22F2N4O2/c23-19(24)21-26-25-20(30-21)17-11-9-16(10-12-17)15-28(18-7-3-1-4-8-18)22(29)27-13-5-2-6-14-27/h1,3-4,7-12,19H,2,5-6,13-15H2. The molecule has 0 bridgehead atoms. The Morgan fingerprint density at radius 3 is 2.33 bits per heavy atom. The number of anilines is 1. The van der Waals surface area contributed by atoms with Crippen molar-refractivity contribution in [1.29, 1.82) is 0 Å². The summed E-state index contributed by atoms with van der Waals surface area (Å²) < 4.78 is 30.3. The van der Waals surface area contributed by atoms with Crippen LogP contribution in [0.4, 0.5) is 19.3 Å². The van der Waals surface area contributed by atoms with Crippen molar-refractivity contribution in [2.75, 3.05) is 18.0 Å². The Bertz CT molecular complexity index is 970. The Hall–Kier alpha value is -3.29. The van der Waals surface area contributed by atoms with Gasteiger partial charge in [0, 0.05) is 24.3 Å². The Morgan fingerprint density at radius 1 is 1.00 bits per heavy atom. The van der Waals surface area contributed by atoms with Crippen LogP contribution in [0.2, 0.25) is 0 Å². The molecule has 0 atom stereocenters. The van der Waals surface area contributed by atoms with Crippen LogP contribution < -0.4 is 4.90 Å². The maximum absolute atomic E-state index is 13.2. The molecule has 3 aromatic rings. The predicted octanol–water partition coefficient (Wildman–Crippen LogP) is 5.29. The van der Waals surface area contributed by atoms with Gasteiger partial charge < -0.3 is 9.32 Å². The highest BCUT2D eigenvalue weighted by molar-refractivity contribution is 5.92. The fourth-order valence-electron chi connectivity index (χ4n) is 3.51. The number of amides is 2. The summed E-state index contributed by atoms with van der Waals surface area (Å²) in [5.41, 5.74) is 2.28. The van der Waals surface area contributed by atoms with Crippen LogP contribution in [0.5, 0.6) is 0 Å². The topological polar surface area (TPSA) is 62.5 Å². The van der Waals surface area contributed by atoms with Gasteiger partial charge in [0.2, 0.25) is 5.89 Å². The van der Waals surface area contributed by atoms with Crippen molar-refractivity contribution in [2.24, 2.45) is 0 Å². The molecule has 2 amide bonds. The summed E-state index contributed by atoms with van der Waals surface area (Å²) in [6.45, 7) is 1.93. The number of likely N-dealkylation sites (tertiary alicyclic amines) is 1. The number of aromatic nitrogens is 2. The molecule has 1 fully saturated rings. The maximum Gasteiger partial charge on any atom is 0.324 e. The lowest BCUT2D eigenvalue weighted by Gasteiger charge is -2.33. The first kappa shape index (κ1) is 20.0. The Morgan fingerprint density at radius 2 is 1.70 bits per heavy atom. The van der Waals surface area contributed by atoms with Crippen LogP contribution in [0.15, 0.2) is 59.0 Å². The second-order valence-electron chi connectivity index (χ2n) is 7.20. The third-order valence-corrected chi connectivity index (χ3v) is 5.09. The summed E-state index contributed by atoms with van der Waals surface area (Å²) in [5.74, 6) is -0.655. The number of carbonyl (C=O) groups is 1. The lowest BCUT2D eigenvalue weighted by atomic mass is 10.1. The minimum Gasteiger partial charge on any atom is -0.415 e. The van der Waals surface area contributed by atoms with Gasteiger partial charge in [0.05, 0.1) is 6.54 Å². The van der Waals surface area contributed by atoms with Gasteiger partial charge in [-0.1, -0.05) is 30.3 Å². The smallest absolute Gasteiger partial charge is 0.324 e. The van der Waals surface area contributed by atoms with Crippen LogP contribution >= 0.6 is 0 Å². The van der Waals surface area contributed by atoms with Gasteiger partial charge in [-0.05, 0) is 49.1 Å². The van der Waals surface area contributed by atoms with Gasteiger partial charge in [-0.25, -0.2) is 4.79 Å². The summed E-state index contributed by atoms with van der Waals surface area (Å²) in [4.78, 5) is 16.9. The van der Waals surface area contributed by atoms with E-state index in [1.165, 1.54) is 0 Å². The number of halogens is 2. The molecule has 156 valence electrons. The molecule has 0 N–H and O–H groups in total. The van der Waals surface area contributed by atoms with Crippen molar-refractivity contribution in [3.05, 3.63) is 66.1 Å². The lowest BCUT2D eigenvalue weighted by Crippen LogP contribution is -2.45. The summed E-state index contributed by atoms with van der Waals surface area (Å²) in [7, 11) is 0. The Labute approximate surface area is 173 Å². The molecule has 2 aromatic carbocycles. The van der Waals surface area contributed by atoms with Crippen molar-refractivity contribution < 1.29 is 18.0 Å².